The number of nitrogens with zero attached hydrogens (tertiary/aromatic N) is 1. The summed E-state index contributed by atoms with van der Waals surface area (Å²) >= 11 is 3.22. The van der Waals surface area contributed by atoms with E-state index in [0.29, 0.717) is 22.9 Å². The van der Waals surface area contributed by atoms with Gasteiger partial charge in [-0.1, -0.05) is 29.8 Å². The lowest BCUT2D eigenvalue weighted by Gasteiger charge is -2.25. The summed E-state index contributed by atoms with van der Waals surface area (Å²) in [5.74, 6) is 0.216. The van der Waals surface area contributed by atoms with Gasteiger partial charge in [-0.3, -0.25) is 10.1 Å². The van der Waals surface area contributed by atoms with Crippen LogP contribution >= 0.6 is 15.9 Å². The molecule has 6 heteroatoms. The number of rotatable bonds is 6. The van der Waals surface area contributed by atoms with Crippen LogP contribution < -0.4 is 4.74 Å². The Morgan fingerprint density at radius 3 is 2.47 bits per heavy atom. The first-order chi connectivity index (χ1) is 8.83. The molecule has 0 spiro atoms. The summed E-state index contributed by atoms with van der Waals surface area (Å²) in [5.41, 5.74) is -0.384. The van der Waals surface area contributed by atoms with Crippen molar-refractivity contribution in [2.24, 2.45) is 0 Å². The third-order valence-corrected chi connectivity index (χ3v) is 3.68. The topological polar surface area (TPSA) is 72.6 Å². The highest BCUT2D eigenvalue weighted by Crippen LogP contribution is 2.34. The summed E-state index contributed by atoms with van der Waals surface area (Å²) in [7, 11) is 0. The Morgan fingerprint density at radius 2 is 2.00 bits per heavy atom. The maximum absolute atomic E-state index is 11.0. The average molecular weight is 332 g/mol. The number of aliphatic hydroxyl groups is 1. The maximum Gasteiger partial charge on any atom is 0.312 e. The van der Waals surface area contributed by atoms with Crippen LogP contribution in [0.4, 0.5) is 5.69 Å². The van der Waals surface area contributed by atoms with Crippen LogP contribution in [0.5, 0.6) is 5.75 Å². The van der Waals surface area contributed by atoms with Crippen LogP contribution in [0.25, 0.3) is 0 Å². The van der Waals surface area contributed by atoms with E-state index in [0.717, 1.165) is 0 Å². The molecule has 0 amide bonds. The summed E-state index contributed by atoms with van der Waals surface area (Å²) in [5, 5.41) is 21.2. The van der Waals surface area contributed by atoms with Crippen molar-refractivity contribution in [2.75, 3.05) is 6.61 Å². The first-order valence-electron chi connectivity index (χ1n) is 6.12. The minimum Gasteiger partial charge on any atom is -0.484 e. The molecule has 0 fully saturated rings. The standard InChI is InChI=1S/C13H18BrNO4/c1-4-13(16,5-2)8-19-12-9(3)6-10(14)7-11(12)15(17)18/h6-7,16H,4-5,8H2,1-3H3. The zero-order chi connectivity index (χ0) is 14.6. The number of aryl methyl sites for hydroxylation is 1. The number of halogens is 1. The van der Waals surface area contributed by atoms with Gasteiger partial charge in [0.05, 0.1) is 10.5 Å². The minimum absolute atomic E-state index is 0.0450. The van der Waals surface area contributed by atoms with E-state index in [2.05, 4.69) is 15.9 Å². The summed E-state index contributed by atoms with van der Waals surface area (Å²) in [6.45, 7) is 5.50. The van der Waals surface area contributed by atoms with E-state index in [1.54, 1.807) is 13.0 Å². The molecular weight excluding hydrogens is 314 g/mol. The zero-order valence-electron chi connectivity index (χ0n) is 11.3. The van der Waals surface area contributed by atoms with E-state index < -0.39 is 10.5 Å². The zero-order valence-corrected chi connectivity index (χ0v) is 12.9. The van der Waals surface area contributed by atoms with Gasteiger partial charge in [0, 0.05) is 10.5 Å². The second-order valence-corrected chi connectivity index (χ2v) is 5.46. The summed E-state index contributed by atoms with van der Waals surface area (Å²) < 4.78 is 6.15. The highest BCUT2D eigenvalue weighted by molar-refractivity contribution is 9.10. The fourth-order valence-electron chi connectivity index (χ4n) is 1.70. The fraction of sp³-hybridized carbons (Fsp3) is 0.538. The third kappa shape index (κ3) is 3.91. The minimum atomic E-state index is -0.951. The van der Waals surface area contributed by atoms with Crippen LogP contribution in [-0.2, 0) is 0 Å². The van der Waals surface area contributed by atoms with Gasteiger partial charge in [-0.2, -0.15) is 0 Å². The van der Waals surface area contributed by atoms with Crippen LogP contribution in [0.15, 0.2) is 16.6 Å². The molecule has 1 aromatic rings. The van der Waals surface area contributed by atoms with Crippen molar-refractivity contribution < 1.29 is 14.8 Å². The molecule has 0 bridgehead atoms. The Kier molecular flexibility index (Phi) is 5.31. The van der Waals surface area contributed by atoms with Crippen LogP contribution in [0.2, 0.25) is 0 Å². The van der Waals surface area contributed by atoms with Gasteiger partial charge >= 0.3 is 5.69 Å². The van der Waals surface area contributed by atoms with E-state index in [9.17, 15) is 15.2 Å². The molecule has 0 radical (unpaired) electrons. The Hall–Kier alpha value is -1.14. The van der Waals surface area contributed by atoms with Gasteiger partial charge in [0.15, 0.2) is 5.75 Å². The molecule has 19 heavy (non-hydrogen) atoms. The van der Waals surface area contributed by atoms with Crippen molar-refractivity contribution in [2.45, 2.75) is 39.2 Å². The number of nitro benzene ring substituents is 1. The number of hydrogen-bond acceptors (Lipinski definition) is 4. The Labute approximate surface area is 120 Å². The SMILES string of the molecule is CCC(O)(CC)COc1c(C)cc(Br)cc1[N+](=O)[O-]. The molecule has 106 valence electrons. The molecule has 5 nitrogen and oxygen atoms in total. The highest BCUT2D eigenvalue weighted by atomic mass is 79.9. The van der Waals surface area contributed by atoms with Gasteiger partial charge in [0.2, 0.25) is 0 Å². The summed E-state index contributed by atoms with van der Waals surface area (Å²) in [6, 6.07) is 3.15. The molecule has 0 aliphatic rings. The molecule has 0 atom stereocenters. The summed E-state index contributed by atoms with van der Waals surface area (Å²) in [4.78, 5) is 10.5. The summed E-state index contributed by atoms with van der Waals surface area (Å²) in [6.07, 6.45) is 1.07. The third-order valence-electron chi connectivity index (χ3n) is 3.22. The second-order valence-electron chi connectivity index (χ2n) is 4.55. The van der Waals surface area contributed by atoms with Crippen LogP contribution in [0, 0.1) is 17.0 Å². The predicted molar refractivity (Wildman–Crippen MR) is 76.6 cm³/mol. The molecule has 1 N–H and O–H groups in total. The molecule has 0 heterocycles. The first kappa shape index (κ1) is 15.9. The molecule has 0 unspecified atom stereocenters. The van der Waals surface area contributed by atoms with Gasteiger partial charge in [-0.15, -0.1) is 0 Å². The second kappa shape index (κ2) is 6.34. The lowest BCUT2D eigenvalue weighted by molar-refractivity contribution is -0.386. The largest absolute Gasteiger partial charge is 0.484 e. The van der Waals surface area contributed by atoms with E-state index in [4.69, 9.17) is 4.74 Å². The quantitative estimate of drug-likeness (QED) is 0.638. The normalized spacial score (nSPS) is 11.4. The maximum atomic E-state index is 11.0. The fourth-order valence-corrected chi connectivity index (χ4v) is 2.26. The van der Waals surface area contributed by atoms with Crippen molar-refractivity contribution in [3.05, 3.63) is 32.3 Å². The predicted octanol–water partition coefficient (Wildman–Crippen LogP) is 3.60. The number of ether oxygens (including phenoxy) is 1. The van der Waals surface area contributed by atoms with Gasteiger partial charge in [0.25, 0.3) is 0 Å². The molecule has 0 aromatic heterocycles. The van der Waals surface area contributed by atoms with E-state index >= 15 is 0 Å². The van der Waals surface area contributed by atoms with Gasteiger partial charge in [-0.25, -0.2) is 0 Å². The molecular formula is C13H18BrNO4. The van der Waals surface area contributed by atoms with Crippen LogP contribution in [-0.4, -0.2) is 22.2 Å². The van der Waals surface area contributed by atoms with Crippen molar-refractivity contribution in [3.8, 4) is 5.75 Å². The number of hydrogen-bond donors (Lipinski definition) is 1. The van der Waals surface area contributed by atoms with Crippen LogP contribution in [0.1, 0.15) is 32.3 Å². The molecule has 0 saturated heterocycles. The Morgan fingerprint density at radius 1 is 1.42 bits per heavy atom. The monoisotopic (exact) mass is 331 g/mol. The van der Waals surface area contributed by atoms with E-state index in [1.807, 2.05) is 13.8 Å². The van der Waals surface area contributed by atoms with Crippen molar-refractivity contribution in [1.82, 2.24) is 0 Å². The van der Waals surface area contributed by atoms with Gasteiger partial charge in [-0.05, 0) is 31.4 Å². The van der Waals surface area contributed by atoms with Crippen molar-refractivity contribution >= 4 is 21.6 Å². The lowest BCUT2D eigenvalue weighted by atomic mass is 9.99. The van der Waals surface area contributed by atoms with Crippen molar-refractivity contribution in [1.29, 1.82) is 0 Å². The Bertz CT molecular complexity index is 472. The molecule has 0 saturated carbocycles. The smallest absolute Gasteiger partial charge is 0.312 e. The average Bonchev–Trinajstić information content (AvgIpc) is 2.36. The van der Waals surface area contributed by atoms with E-state index in [1.165, 1.54) is 6.07 Å². The van der Waals surface area contributed by atoms with Crippen molar-refractivity contribution in [3.63, 3.8) is 0 Å². The van der Waals surface area contributed by atoms with Gasteiger partial charge in [0.1, 0.15) is 6.61 Å². The van der Waals surface area contributed by atoms with Gasteiger partial charge < -0.3 is 9.84 Å². The Balaban J connectivity index is 3.04. The molecule has 0 aliphatic heterocycles. The van der Waals surface area contributed by atoms with Crippen LogP contribution in [0.3, 0.4) is 0 Å². The number of nitro groups is 1. The van der Waals surface area contributed by atoms with E-state index in [-0.39, 0.29) is 18.0 Å². The molecule has 1 rings (SSSR count). The molecule has 0 aliphatic carbocycles. The first-order valence-corrected chi connectivity index (χ1v) is 6.92. The highest BCUT2D eigenvalue weighted by Gasteiger charge is 2.26. The number of benzene rings is 1. The molecule has 1 aromatic carbocycles. The lowest BCUT2D eigenvalue weighted by Crippen LogP contribution is -2.34.